The van der Waals surface area contributed by atoms with Gasteiger partial charge in [0.25, 0.3) is 0 Å². The number of ether oxygens (including phenoxy) is 2. The summed E-state index contributed by atoms with van der Waals surface area (Å²) < 4.78 is 11.1. The third-order valence-electron chi connectivity index (χ3n) is 4.45. The second-order valence-electron chi connectivity index (χ2n) is 7.48. The van der Waals surface area contributed by atoms with E-state index in [1.54, 1.807) is 25.5 Å². The molecule has 6 nitrogen and oxygen atoms in total. The van der Waals surface area contributed by atoms with Crippen molar-refractivity contribution in [1.82, 2.24) is 15.2 Å². The number of nitrogens with one attached hydrogen (secondary N) is 1. The fourth-order valence-corrected chi connectivity index (χ4v) is 3.56. The molecule has 1 aromatic carbocycles. The molecule has 0 amide bonds. The molecule has 0 radical (unpaired) electrons. The van der Waals surface area contributed by atoms with Crippen molar-refractivity contribution in [3.63, 3.8) is 0 Å². The molecule has 0 saturated carbocycles. The molecule has 0 spiro atoms. The van der Waals surface area contributed by atoms with Gasteiger partial charge >= 0.3 is 0 Å². The van der Waals surface area contributed by atoms with Gasteiger partial charge in [0.1, 0.15) is 16.9 Å². The Bertz CT molecular complexity index is 765. The van der Waals surface area contributed by atoms with Crippen molar-refractivity contribution in [3.05, 3.63) is 45.9 Å². The zero-order valence-corrected chi connectivity index (χ0v) is 22.0. The molecule has 30 heavy (non-hydrogen) atoms. The van der Waals surface area contributed by atoms with Crippen molar-refractivity contribution in [3.8, 4) is 5.75 Å². The van der Waals surface area contributed by atoms with Crippen molar-refractivity contribution in [2.45, 2.75) is 39.8 Å². The molecule has 0 bridgehead atoms. The maximum Gasteiger partial charge on any atom is 0.193 e. The number of halogens is 1. The summed E-state index contributed by atoms with van der Waals surface area (Å²) in [6.45, 7) is 8.57. The normalized spacial score (nSPS) is 12.4. The van der Waals surface area contributed by atoms with Crippen LogP contribution in [0.25, 0.3) is 0 Å². The third-order valence-corrected chi connectivity index (χ3v) is 5.50. The summed E-state index contributed by atoms with van der Waals surface area (Å²) in [5, 5.41) is 6.51. The minimum Gasteiger partial charge on any atom is -0.493 e. The summed E-state index contributed by atoms with van der Waals surface area (Å²) in [6, 6.07) is 8.33. The monoisotopic (exact) mass is 546 g/mol. The van der Waals surface area contributed by atoms with Gasteiger partial charge in [-0.3, -0.25) is 4.99 Å². The fraction of sp³-hybridized carbons (Fsp3) is 0.545. The molecule has 168 valence electrons. The van der Waals surface area contributed by atoms with Gasteiger partial charge in [0.2, 0.25) is 0 Å². The SMILES string of the molecule is CN=C(NCCc1ccc(OCC(C)C)cc1)N(C)Cc1csc(C(C)OC)n1.I. The molecule has 0 aliphatic heterocycles. The number of thiazole rings is 1. The highest BCUT2D eigenvalue weighted by atomic mass is 127. The van der Waals surface area contributed by atoms with E-state index in [1.807, 2.05) is 26.1 Å². The van der Waals surface area contributed by atoms with Crippen LogP contribution < -0.4 is 10.1 Å². The topological polar surface area (TPSA) is 59.0 Å². The van der Waals surface area contributed by atoms with Crippen LogP contribution in [0.5, 0.6) is 5.75 Å². The largest absolute Gasteiger partial charge is 0.493 e. The van der Waals surface area contributed by atoms with Gasteiger partial charge in [-0.1, -0.05) is 26.0 Å². The number of guanidine groups is 1. The van der Waals surface area contributed by atoms with E-state index in [2.05, 4.69) is 51.6 Å². The maximum atomic E-state index is 5.74. The second-order valence-corrected chi connectivity index (χ2v) is 8.37. The zero-order valence-electron chi connectivity index (χ0n) is 18.8. The number of aliphatic imine (C=N–C) groups is 1. The van der Waals surface area contributed by atoms with Crippen molar-refractivity contribution in [1.29, 1.82) is 0 Å². The molecule has 2 aromatic rings. The minimum absolute atomic E-state index is 0. The van der Waals surface area contributed by atoms with Gasteiger partial charge in [0.05, 0.1) is 18.8 Å². The Kier molecular flexibility index (Phi) is 12.3. The molecule has 0 fully saturated rings. The maximum absolute atomic E-state index is 5.74. The van der Waals surface area contributed by atoms with E-state index in [1.165, 1.54) is 5.56 Å². The molecule has 0 saturated heterocycles. The highest BCUT2D eigenvalue weighted by Crippen LogP contribution is 2.21. The number of nitrogens with zero attached hydrogens (tertiary/aromatic N) is 3. The lowest BCUT2D eigenvalue weighted by Gasteiger charge is -2.21. The molecule has 2 rings (SSSR count). The van der Waals surface area contributed by atoms with Crippen LogP contribution in [0, 0.1) is 5.92 Å². The van der Waals surface area contributed by atoms with Crippen molar-refractivity contribution in [2.24, 2.45) is 10.9 Å². The quantitative estimate of drug-likeness (QED) is 0.265. The van der Waals surface area contributed by atoms with Crippen LogP contribution in [0.4, 0.5) is 0 Å². The summed E-state index contributed by atoms with van der Waals surface area (Å²) in [7, 11) is 5.53. The summed E-state index contributed by atoms with van der Waals surface area (Å²) in [5.74, 6) is 2.31. The van der Waals surface area contributed by atoms with Gasteiger partial charge in [0, 0.05) is 33.1 Å². The molecule has 0 aliphatic carbocycles. The standard InChI is InChI=1S/C22H34N4O2S.HI/c1-16(2)14-28-20-9-7-18(8-10-20)11-12-24-22(23-4)26(5)13-19-15-29-21(25-19)17(3)27-6;/h7-10,15-17H,11-14H2,1-6H3,(H,23,24);1H. The summed E-state index contributed by atoms with van der Waals surface area (Å²) >= 11 is 1.63. The molecule has 1 aromatic heterocycles. The van der Waals surface area contributed by atoms with Gasteiger partial charge in [-0.25, -0.2) is 4.98 Å². The Morgan fingerprint density at radius 1 is 1.23 bits per heavy atom. The van der Waals surface area contributed by atoms with E-state index in [0.717, 1.165) is 42.0 Å². The number of rotatable bonds is 10. The average Bonchev–Trinajstić information content (AvgIpc) is 3.18. The minimum atomic E-state index is 0. The Hall–Kier alpha value is -1.39. The van der Waals surface area contributed by atoms with Crippen LogP contribution in [-0.2, 0) is 17.7 Å². The Morgan fingerprint density at radius 2 is 1.93 bits per heavy atom. The first-order valence-corrected chi connectivity index (χ1v) is 10.9. The van der Waals surface area contributed by atoms with E-state index >= 15 is 0 Å². The van der Waals surface area contributed by atoms with Crippen LogP contribution in [0.2, 0.25) is 0 Å². The van der Waals surface area contributed by atoms with E-state index in [-0.39, 0.29) is 30.1 Å². The van der Waals surface area contributed by atoms with Crippen molar-refractivity contribution < 1.29 is 9.47 Å². The van der Waals surface area contributed by atoms with E-state index in [0.29, 0.717) is 12.5 Å². The van der Waals surface area contributed by atoms with Crippen LogP contribution in [0.3, 0.4) is 0 Å². The summed E-state index contributed by atoms with van der Waals surface area (Å²) in [4.78, 5) is 11.1. The van der Waals surface area contributed by atoms with Crippen LogP contribution >= 0.6 is 35.3 Å². The van der Waals surface area contributed by atoms with Gasteiger partial charge in [-0.15, -0.1) is 35.3 Å². The molecule has 1 heterocycles. The zero-order chi connectivity index (χ0) is 21.2. The Balaban J connectivity index is 0.00000450. The molecular formula is C22H35IN4O2S. The Labute approximate surface area is 202 Å². The summed E-state index contributed by atoms with van der Waals surface area (Å²) in [5.41, 5.74) is 2.29. The van der Waals surface area contributed by atoms with Gasteiger partial charge in [-0.2, -0.15) is 0 Å². The number of hydrogen-bond donors (Lipinski definition) is 1. The highest BCUT2D eigenvalue weighted by Gasteiger charge is 2.12. The first-order chi connectivity index (χ1) is 13.9. The molecule has 1 unspecified atom stereocenters. The van der Waals surface area contributed by atoms with Gasteiger partial charge in [-0.05, 0) is 37.0 Å². The number of hydrogen-bond acceptors (Lipinski definition) is 5. The van der Waals surface area contributed by atoms with Crippen LogP contribution in [-0.4, -0.2) is 50.2 Å². The predicted octanol–water partition coefficient (Wildman–Crippen LogP) is 4.75. The third kappa shape index (κ3) is 8.77. The lowest BCUT2D eigenvalue weighted by Crippen LogP contribution is -2.39. The first-order valence-electron chi connectivity index (χ1n) is 10.0. The lowest BCUT2D eigenvalue weighted by molar-refractivity contribution is 0.119. The van der Waals surface area contributed by atoms with Gasteiger partial charge < -0.3 is 19.7 Å². The molecule has 1 atom stereocenters. The number of benzene rings is 1. The van der Waals surface area contributed by atoms with Crippen LogP contribution in [0.1, 0.15) is 43.1 Å². The number of methoxy groups -OCH3 is 1. The molecule has 1 N–H and O–H groups in total. The van der Waals surface area contributed by atoms with Gasteiger partial charge in [0.15, 0.2) is 5.96 Å². The molecule has 0 aliphatic rings. The Morgan fingerprint density at radius 3 is 2.53 bits per heavy atom. The summed E-state index contributed by atoms with van der Waals surface area (Å²) in [6.07, 6.45) is 0.947. The van der Waals surface area contributed by atoms with E-state index in [4.69, 9.17) is 9.47 Å². The second kappa shape index (κ2) is 13.8. The van der Waals surface area contributed by atoms with Crippen molar-refractivity contribution in [2.75, 3.05) is 34.4 Å². The number of aromatic nitrogens is 1. The highest BCUT2D eigenvalue weighted by molar-refractivity contribution is 14.0. The molecule has 8 heteroatoms. The van der Waals surface area contributed by atoms with Crippen molar-refractivity contribution >= 4 is 41.3 Å². The van der Waals surface area contributed by atoms with E-state index < -0.39 is 0 Å². The fourth-order valence-electron chi connectivity index (χ4n) is 2.72. The predicted molar refractivity (Wildman–Crippen MR) is 136 cm³/mol. The average molecular weight is 547 g/mol. The van der Waals surface area contributed by atoms with Crippen LogP contribution in [0.15, 0.2) is 34.6 Å². The first kappa shape index (κ1) is 26.6. The smallest absolute Gasteiger partial charge is 0.193 e. The lowest BCUT2D eigenvalue weighted by atomic mass is 10.1. The van der Waals surface area contributed by atoms with E-state index in [9.17, 15) is 0 Å². The molecular weight excluding hydrogens is 511 g/mol.